The van der Waals surface area contributed by atoms with E-state index < -0.39 is 4.92 Å². The van der Waals surface area contributed by atoms with Gasteiger partial charge < -0.3 is 14.5 Å². The van der Waals surface area contributed by atoms with Crippen LogP contribution in [-0.4, -0.2) is 33.9 Å². The molecule has 0 aliphatic heterocycles. The van der Waals surface area contributed by atoms with Gasteiger partial charge in [0.05, 0.1) is 23.5 Å². The van der Waals surface area contributed by atoms with Crippen LogP contribution in [0.5, 0.6) is 5.75 Å². The summed E-state index contributed by atoms with van der Waals surface area (Å²) in [5, 5.41) is 21.7. The lowest BCUT2D eigenvalue weighted by Crippen LogP contribution is -2.14. The Kier molecular flexibility index (Phi) is 5.90. The summed E-state index contributed by atoms with van der Waals surface area (Å²) in [6.45, 7) is 1.96. The molecule has 0 aliphatic rings. The van der Waals surface area contributed by atoms with Gasteiger partial charge in [-0.25, -0.2) is 0 Å². The van der Waals surface area contributed by atoms with Crippen LogP contribution >= 0.6 is 11.8 Å². The number of nitro benzene ring substituents is 1. The summed E-state index contributed by atoms with van der Waals surface area (Å²) in [6.07, 6.45) is 0. The fourth-order valence-electron chi connectivity index (χ4n) is 2.38. The lowest BCUT2D eigenvalue weighted by molar-refractivity contribution is -0.384. The quantitative estimate of drug-likeness (QED) is 0.362. The predicted molar refractivity (Wildman–Crippen MR) is 103 cm³/mol. The number of ether oxygens (including phenoxy) is 1. The summed E-state index contributed by atoms with van der Waals surface area (Å²) in [6, 6.07) is 11.6. The molecular weight excluding hydrogens is 384 g/mol. The summed E-state index contributed by atoms with van der Waals surface area (Å²) < 4.78 is 10.7. The largest absolute Gasteiger partial charge is 0.495 e. The Balaban J connectivity index is 1.64. The highest BCUT2D eigenvalue weighted by Gasteiger charge is 2.15. The molecule has 1 N–H and O–H groups in total. The van der Waals surface area contributed by atoms with Crippen LogP contribution in [0.2, 0.25) is 0 Å². The van der Waals surface area contributed by atoms with Gasteiger partial charge >= 0.3 is 0 Å². The molecule has 3 aromatic rings. The van der Waals surface area contributed by atoms with Gasteiger partial charge in [-0.1, -0.05) is 29.5 Å². The van der Waals surface area contributed by atoms with Gasteiger partial charge in [0, 0.05) is 17.7 Å². The minimum Gasteiger partial charge on any atom is -0.495 e. The first-order valence-corrected chi connectivity index (χ1v) is 9.10. The molecule has 0 aliphatic carbocycles. The maximum atomic E-state index is 12.2. The molecular formula is C18H16N4O5S. The number of anilines is 1. The number of nitro groups is 1. The van der Waals surface area contributed by atoms with Crippen LogP contribution in [0.15, 0.2) is 52.1 Å². The average molecular weight is 400 g/mol. The number of hydrogen-bond donors (Lipinski definition) is 1. The van der Waals surface area contributed by atoms with Gasteiger partial charge in [-0.3, -0.25) is 14.9 Å². The number of rotatable bonds is 7. The van der Waals surface area contributed by atoms with E-state index in [1.54, 1.807) is 0 Å². The van der Waals surface area contributed by atoms with Crippen LogP contribution in [-0.2, 0) is 4.79 Å². The number of amides is 1. The Hall–Kier alpha value is -3.40. The molecule has 1 heterocycles. The molecule has 0 spiro atoms. The maximum Gasteiger partial charge on any atom is 0.277 e. The van der Waals surface area contributed by atoms with E-state index in [1.807, 2.05) is 31.2 Å². The highest BCUT2D eigenvalue weighted by molar-refractivity contribution is 7.99. The first-order valence-electron chi connectivity index (χ1n) is 8.12. The zero-order valence-corrected chi connectivity index (χ0v) is 15.9. The standard InChI is InChI=1S/C18H16N4O5S/c1-11-4-3-5-12(8-11)17-20-21-18(27-17)28-10-16(23)19-14-9-13(22(24)25)6-7-15(14)26-2/h3-9H,10H2,1-2H3,(H,19,23). The molecule has 0 unspecified atom stereocenters. The van der Waals surface area contributed by atoms with E-state index in [9.17, 15) is 14.9 Å². The molecule has 0 saturated heterocycles. The lowest BCUT2D eigenvalue weighted by atomic mass is 10.1. The molecule has 10 heteroatoms. The minimum atomic E-state index is -0.547. The third-order valence-electron chi connectivity index (χ3n) is 3.67. The third-order valence-corrected chi connectivity index (χ3v) is 4.48. The second-order valence-electron chi connectivity index (χ2n) is 5.72. The average Bonchev–Trinajstić information content (AvgIpc) is 3.15. The second kappa shape index (κ2) is 8.53. The highest BCUT2D eigenvalue weighted by atomic mass is 32.2. The van der Waals surface area contributed by atoms with Crippen molar-refractivity contribution in [3.05, 3.63) is 58.1 Å². The number of nitrogens with zero attached hydrogens (tertiary/aromatic N) is 3. The number of carbonyl (C=O) groups excluding carboxylic acids is 1. The van der Waals surface area contributed by atoms with Crippen molar-refractivity contribution in [3.63, 3.8) is 0 Å². The van der Waals surface area contributed by atoms with Crippen molar-refractivity contribution in [2.45, 2.75) is 12.1 Å². The number of carbonyl (C=O) groups is 1. The summed E-state index contributed by atoms with van der Waals surface area (Å²) in [4.78, 5) is 22.6. The van der Waals surface area contributed by atoms with Crippen LogP contribution in [0.25, 0.3) is 11.5 Å². The Morgan fingerprint density at radius 2 is 2.11 bits per heavy atom. The van der Waals surface area contributed by atoms with Crippen LogP contribution in [0, 0.1) is 17.0 Å². The van der Waals surface area contributed by atoms with Crippen molar-refractivity contribution in [1.82, 2.24) is 10.2 Å². The van der Waals surface area contributed by atoms with E-state index in [1.165, 1.54) is 25.3 Å². The number of benzene rings is 2. The smallest absolute Gasteiger partial charge is 0.277 e. The number of thioether (sulfide) groups is 1. The van der Waals surface area contributed by atoms with E-state index in [4.69, 9.17) is 9.15 Å². The first-order chi connectivity index (χ1) is 13.5. The van der Waals surface area contributed by atoms with Crippen molar-refractivity contribution < 1.29 is 18.9 Å². The summed E-state index contributed by atoms with van der Waals surface area (Å²) in [5.41, 5.74) is 1.93. The Morgan fingerprint density at radius 1 is 1.29 bits per heavy atom. The molecule has 1 aromatic heterocycles. The van der Waals surface area contributed by atoms with Gasteiger partial charge in [0.25, 0.3) is 10.9 Å². The molecule has 0 radical (unpaired) electrons. The van der Waals surface area contributed by atoms with E-state index in [2.05, 4.69) is 15.5 Å². The van der Waals surface area contributed by atoms with E-state index in [0.717, 1.165) is 22.9 Å². The lowest BCUT2D eigenvalue weighted by Gasteiger charge is -2.09. The normalized spacial score (nSPS) is 10.5. The number of nitrogens with one attached hydrogen (secondary N) is 1. The number of aryl methyl sites for hydroxylation is 1. The molecule has 0 saturated carbocycles. The molecule has 0 fully saturated rings. The van der Waals surface area contributed by atoms with Crippen molar-refractivity contribution in [3.8, 4) is 17.2 Å². The van der Waals surface area contributed by atoms with Crippen LogP contribution < -0.4 is 10.1 Å². The van der Waals surface area contributed by atoms with Gasteiger partial charge in [-0.15, -0.1) is 10.2 Å². The number of non-ortho nitro benzene ring substituents is 1. The zero-order chi connectivity index (χ0) is 20.1. The zero-order valence-electron chi connectivity index (χ0n) is 15.0. The Bertz CT molecular complexity index is 1020. The molecule has 2 aromatic carbocycles. The highest BCUT2D eigenvalue weighted by Crippen LogP contribution is 2.29. The van der Waals surface area contributed by atoms with Crippen molar-refractivity contribution in [2.75, 3.05) is 18.2 Å². The number of aromatic nitrogens is 2. The molecule has 9 nitrogen and oxygen atoms in total. The monoisotopic (exact) mass is 400 g/mol. The van der Waals surface area contributed by atoms with Gasteiger partial charge in [0.2, 0.25) is 11.8 Å². The summed E-state index contributed by atoms with van der Waals surface area (Å²) in [5.74, 6) is 0.288. The van der Waals surface area contributed by atoms with Crippen molar-refractivity contribution >= 4 is 29.0 Å². The second-order valence-corrected chi connectivity index (χ2v) is 6.65. The molecule has 3 rings (SSSR count). The molecule has 1 amide bonds. The third kappa shape index (κ3) is 4.65. The van der Waals surface area contributed by atoms with Crippen molar-refractivity contribution in [2.24, 2.45) is 0 Å². The van der Waals surface area contributed by atoms with E-state index in [-0.39, 0.29) is 28.3 Å². The number of methoxy groups -OCH3 is 1. The Labute approximate surface area is 164 Å². The predicted octanol–water partition coefficient (Wildman–Crippen LogP) is 3.69. The van der Waals surface area contributed by atoms with E-state index in [0.29, 0.717) is 11.6 Å². The minimum absolute atomic E-state index is 0.0126. The van der Waals surface area contributed by atoms with E-state index >= 15 is 0 Å². The maximum absolute atomic E-state index is 12.2. The number of hydrogen-bond acceptors (Lipinski definition) is 8. The fraction of sp³-hybridized carbons (Fsp3) is 0.167. The molecule has 144 valence electrons. The topological polar surface area (TPSA) is 120 Å². The van der Waals surface area contributed by atoms with Crippen LogP contribution in [0.4, 0.5) is 11.4 Å². The Morgan fingerprint density at radius 3 is 2.82 bits per heavy atom. The van der Waals surface area contributed by atoms with Crippen LogP contribution in [0.1, 0.15) is 5.56 Å². The fourth-order valence-corrected chi connectivity index (χ4v) is 2.95. The SMILES string of the molecule is COc1ccc([N+](=O)[O-])cc1NC(=O)CSc1nnc(-c2cccc(C)c2)o1. The van der Waals surface area contributed by atoms with Crippen LogP contribution in [0.3, 0.4) is 0 Å². The summed E-state index contributed by atoms with van der Waals surface area (Å²) in [7, 11) is 1.41. The van der Waals surface area contributed by atoms with Gasteiger partial charge in [-0.05, 0) is 25.1 Å². The first kappa shape index (κ1) is 19.4. The van der Waals surface area contributed by atoms with Gasteiger partial charge in [0.1, 0.15) is 5.75 Å². The molecule has 28 heavy (non-hydrogen) atoms. The molecule has 0 atom stereocenters. The summed E-state index contributed by atoms with van der Waals surface area (Å²) >= 11 is 1.06. The van der Waals surface area contributed by atoms with Crippen molar-refractivity contribution in [1.29, 1.82) is 0 Å². The van der Waals surface area contributed by atoms with Gasteiger partial charge in [-0.2, -0.15) is 0 Å². The van der Waals surface area contributed by atoms with Gasteiger partial charge in [0.15, 0.2) is 0 Å². The molecule has 0 bridgehead atoms.